The highest BCUT2D eigenvalue weighted by Gasteiger charge is 2.33. The summed E-state index contributed by atoms with van der Waals surface area (Å²) in [6, 6.07) is 12.6. The molecule has 1 atom stereocenters. The lowest BCUT2D eigenvalue weighted by Gasteiger charge is -2.31. The minimum Gasteiger partial charge on any atom is -0.497 e. The number of anilines is 1. The van der Waals surface area contributed by atoms with Crippen LogP contribution in [0.3, 0.4) is 0 Å². The van der Waals surface area contributed by atoms with E-state index in [0.29, 0.717) is 36.4 Å². The van der Waals surface area contributed by atoms with Crippen LogP contribution >= 0.6 is 0 Å². The number of nitrogens with zero attached hydrogens (tertiary/aromatic N) is 1. The van der Waals surface area contributed by atoms with Crippen molar-refractivity contribution in [2.75, 3.05) is 32.6 Å². The number of hydrogen-bond donors (Lipinski definition) is 1. The number of esters is 1. The number of benzene rings is 2. The second kappa shape index (κ2) is 9.27. The first-order valence-corrected chi connectivity index (χ1v) is 10.9. The van der Waals surface area contributed by atoms with Gasteiger partial charge < -0.3 is 14.8 Å². The topological polar surface area (TPSA) is 102 Å². The molecule has 1 aliphatic heterocycles. The zero-order valence-electron chi connectivity index (χ0n) is 16.8. The average molecular weight is 432 g/mol. The van der Waals surface area contributed by atoms with Crippen molar-refractivity contribution in [3.8, 4) is 5.75 Å². The Hall–Kier alpha value is -2.91. The first-order chi connectivity index (χ1) is 14.3. The highest BCUT2D eigenvalue weighted by Crippen LogP contribution is 2.26. The zero-order chi connectivity index (χ0) is 21.7. The number of nitrogens with one attached hydrogen (secondary N) is 1. The molecule has 0 radical (unpaired) electrons. The maximum atomic E-state index is 13.0. The van der Waals surface area contributed by atoms with Crippen LogP contribution in [0.1, 0.15) is 23.2 Å². The van der Waals surface area contributed by atoms with E-state index in [2.05, 4.69) is 10.1 Å². The minimum absolute atomic E-state index is 0.0941. The Morgan fingerprint density at radius 2 is 1.83 bits per heavy atom. The van der Waals surface area contributed by atoms with Crippen molar-refractivity contribution in [3.63, 3.8) is 0 Å². The summed E-state index contributed by atoms with van der Waals surface area (Å²) in [5.41, 5.74) is 0.778. The SMILES string of the molecule is COC(=O)c1cccc(NC(=O)C2CCCN(S(=O)(=O)c3ccc(OC)cc3)C2)c1. The third-order valence-corrected chi connectivity index (χ3v) is 6.88. The quantitative estimate of drug-likeness (QED) is 0.704. The van der Waals surface area contributed by atoms with Crippen molar-refractivity contribution in [3.05, 3.63) is 54.1 Å². The predicted molar refractivity (Wildman–Crippen MR) is 111 cm³/mol. The van der Waals surface area contributed by atoms with Gasteiger partial charge >= 0.3 is 5.97 Å². The molecule has 0 aliphatic carbocycles. The van der Waals surface area contributed by atoms with Crippen LogP contribution in [0.5, 0.6) is 5.75 Å². The first kappa shape index (κ1) is 21.8. The van der Waals surface area contributed by atoms with E-state index in [1.807, 2.05) is 0 Å². The van der Waals surface area contributed by atoms with Crippen LogP contribution in [-0.4, -0.2) is 51.9 Å². The molecule has 0 bridgehead atoms. The molecule has 160 valence electrons. The van der Waals surface area contributed by atoms with Gasteiger partial charge in [0.15, 0.2) is 0 Å². The fourth-order valence-corrected chi connectivity index (χ4v) is 4.88. The number of sulfonamides is 1. The van der Waals surface area contributed by atoms with E-state index in [1.54, 1.807) is 30.3 Å². The maximum Gasteiger partial charge on any atom is 0.337 e. The van der Waals surface area contributed by atoms with Crippen LogP contribution in [0.15, 0.2) is 53.4 Å². The largest absolute Gasteiger partial charge is 0.497 e. The number of piperidine rings is 1. The van der Waals surface area contributed by atoms with E-state index in [-0.39, 0.29) is 17.3 Å². The molecule has 9 heteroatoms. The molecule has 1 heterocycles. The number of carbonyl (C=O) groups is 2. The van der Waals surface area contributed by atoms with Gasteiger partial charge in [-0.25, -0.2) is 13.2 Å². The van der Waals surface area contributed by atoms with Gasteiger partial charge in [-0.1, -0.05) is 6.07 Å². The molecule has 0 spiro atoms. The zero-order valence-corrected chi connectivity index (χ0v) is 17.6. The van der Waals surface area contributed by atoms with Crippen LogP contribution in [0.4, 0.5) is 5.69 Å². The maximum absolute atomic E-state index is 13.0. The number of hydrogen-bond acceptors (Lipinski definition) is 6. The summed E-state index contributed by atoms with van der Waals surface area (Å²) in [6.07, 6.45) is 1.16. The van der Waals surface area contributed by atoms with Crippen molar-refractivity contribution < 1.29 is 27.5 Å². The van der Waals surface area contributed by atoms with Gasteiger partial charge in [-0.2, -0.15) is 4.31 Å². The fraction of sp³-hybridized carbons (Fsp3) is 0.333. The first-order valence-electron chi connectivity index (χ1n) is 9.48. The molecule has 1 unspecified atom stereocenters. The minimum atomic E-state index is -3.71. The van der Waals surface area contributed by atoms with E-state index in [1.165, 1.54) is 36.7 Å². The Kier molecular flexibility index (Phi) is 6.73. The van der Waals surface area contributed by atoms with E-state index in [9.17, 15) is 18.0 Å². The Labute approximate surface area is 175 Å². The third kappa shape index (κ3) is 4.80. The van der Waals surface area contributed by atoms with Crippen molar-refractivity contribution in [2.45, 2.75) is 17.7 Å². The van der Waals surface area contributed by atoms with Crippen LogP contribution in [0, 0.1) is 5.92 Å². The molecule has 1 fully saturated rings. The summed E-state index contributed by atoms with van der Waals surface area (Å²) in [7, 11) is -0.914. The van der Waals surface area contributed by atoms with Crippen molar-refractivity contribution in [1.82, 2.24) is 4.31 Å². The Bertz CT molecular complexity index is 1020. The van der Waals surface area contributed by atoms with Crippen molar-refractivity contribution in [1.29, 1.82) is 0 Å². The summed E-state index contributed by atoms with van der Waals surface area (Å²) in [6.45, 7) is 0.451. The number of rotatable bonds is 6. The number of carbonyl (C=O) groups excluding carboxylic acids is 2. The van der Waals surface area contributed by atoms with Crippen molar-refractivity contribution in [2.24, 2.45) is 5.92 Å². The molecule has 0 aromatic heterocycles. The van der Waals surface area contributed by atoms with E-state index >= 15 is 0 Å². The van der Waals surface area contributed by atoms with Gasteiger partial charge in [-0.05, 0) is 55.3 Å². The van der Waals surface area contributed by atoms with Crippen LogP contribution in [0.25, 0.3) is 0 Å². The lowest BCUT2D eigenvalue weighted by molar-refractivity contribution is -0.120. The molecule has 2 aromatic rings. The lowest BCUT2D eigenvalue weighted by atomic mass is 9.98. The molecule has 30 heavy (non-hydrogen) atoms. The Morgan fingerprint density at radius 3 is 2.50 bits per heavy atom. The smallest absolute Gasteiger partial charge is 0.337 e. The molecule has 3 rings (SSSR count). The molecule has 0 saturated carbocycles. The van der Waals surface area contributed by atoms with Gasteiger partial charge in [0.25, 0.3) is 0 Å². The van der Waals surface area contributed by atoms with E-state index in [4.69, 9.17) is 4.74 Å². The molecular weight excluding hydrogens is 408 g/mol. The highest BCUT2D eigenvalue weighted by molar-refractivity contribution is 7.89. The molecule has 2 aromatic carbocycles. The number of amides is 1. The van der Waals surface area contributed by atoms with Gasteiger partial charge in [0.2, 0.25) is 15.9 Å². The monoisotopic (exact) mass is 432 g/mol. The van der Waals surface area contributed by atoms with Gasteiger partial charge in [-0.15, -0.1) is 0 Å². The summed E-state index contributed by atoms with van der Waals surface area (Å²) in [5, 5.41) is 2.77. The second-order valence-corrected chi connectivity index (χ2v) is 8.88. The van der Waals surface area contributed by atoms with Crippen LogP contribution in [-0.2, 0) is 19.6 Å². The van der Waals surface area contributed by atoms with Crippen molar-refractivity contribution >= 4 is 27.6 Å². The van der Waals surface area contributed by atoms with Crippen LogP contribution in [0.2, 0.25) is 0 Å². The average Bonchev–Trinajstić information content (AvgIpc) is 2.78. The highest BCUT2D eigenvalue weighted by atomic mass is 32.2. The molecule has 1 saturated heterocycles. The Balaban J connectivity index is 1.70. The second-order valence-electron chi connectivity index (χ2n) is 6.94. The number of methoxy groups -OCH3 is 2. The molecule has 8 nitrogen and oxygen atoms in total. The predicted octanol–water partition coefficient (Wildman–Crippen LogP) is 2.52. The van der Waals surface area contributed by atoms with Crippen LogP contribution < -0.4 is 10.1 Å². The van der Waals surface area contributed by atoms with Gasteiger partial charge in [0.05, 0.1) is 30.6 Å². The Morgan fingerprint density at radius 1 is 1.10 bits per heavy atom. The molecule has 1 N–H and O–H groups in total. The van der Waals surface area contributed by atoms with Gasteiger partial charge in [0, 0.05) is 18.8 Å². The molecule has 1 amide bonds. The molecule has 1 aliphatic rings. The normalized spacial score (nSPS) is 17.2. The van der Waals surface area contributed by atoms with E-state index in [0.717, 1.165) is 0 Å². The summed E-state index contributed by atoms with van der Waals surface area (Å²) >= 11 is 0. The van der Waals surface area contributed by atoms with Gasteiger partial charge in [0.1, 0.15) is 5.75 Å². The van der Waals surface area contributed by atoms with E-state index < -0.39 is 21.9 Å². The standard InChI is InChI=1S/C21H24N2O6S/c1-28-18-8-10-19(11-9-18)30(26,27)23-12-4-6-16(14-23)20(24)22-17-7-3-5-15(13-17)21(25)29-2/h3,5,7-11,13,16H,4,6,12,14H2,1-2H3,(H,22,24). The fourth-order valence-electron chi connectivity index (χ4n) is 3.36. The number of ether oxygens (including phenoxy) is 2. The molecular formula is C21H24N2O6S. The summed E-state index contributed by atoms with van der Waals surface area (Å²) in [4.78, 5) is 24.6. The third-order valence-electron chi connectivity index (χ3n) is 5.00. The lowest BCUT2D eigenvalue weighted by Crippen LogP contribution is -2.43. The summed E-state index contributed by atoms with van der Waals surface area (Å²) < 4.78 is 37.0. The van der Waals surface area contributed by atoms with Gasteiger partial charge in [-0.3, -0.25) is 4.79 Å². The summed E-state index contributed by atoms with van der Waals surface area (Å²) in [5.74, 6) is -0.709.